The highest BCUT2D eigenvalue weighted by Crippen LogP contribution is 2.30. The van der Waals surface area contributed by atoms with Crippen molar-refractivity contribution in [1.29, 1.82) is 0 Å². The van der Waals surface area contributed by atoms with E-state index in [1.165, 1.54) is 0 Å². The van der Waals surface area contributed by atoms with Crippen molar-refractivity contribution in [2.45, 2.75) is 39.5 Å². The van der Waals surface area contributed by atoms with Crippen LogP contribution in [0.5, 0.6) is 11.5 Å². The van der Waals surface area contributed by atoms with E-state index in [9.17, 15) is 9.59 Å². The lowest BCUT2D eigenvalue weighted by molar-refractivity contribution is -0.134. The maximum atomic E-state index is 12.9. The van der Waals surface area contributed by atoms with E-state index in [4.69, 9.17) is 9.47 Å². The summed E-state index contributed by atoms with van der Waals surface area (Å²) >= 11 is 0. The number of nitrogens with zero attached hydrogens (tertiary/aromatic N) is 2. The summed E-state index contributed by atoms with van der Waals surface area (Å²) in [7, 11) is 3.56. The highest BCUT2D eigenvalue weighted by molar-refractivity contribution is 5.95. The number of carbonyl (C=O) groups is 2. The third-order valence-corrected chi connectivity index (χ3v) is 4.69. The first kappa shape index (κ1) is 21.1. The summed E-state index contributed by atoms with van der Waals surface area (Å²) in [5.74, 6) is 1.44. The van der Waals surface area contributed by atoms with Gasteiger partial charge in [0.2, 0.25) is 5.91 Å². The molecule has 6 nitrogen and oxygen atoms in total. The third-order valence-electron chi connectivity index (χ3n) is 4.69. The van der Waals surface area contributed by atoms with Crippen molar-refractivity contribution >= 4 is 11.8 Å². The quantitative estimate of drug-likeness (QED) is 0.699. The Balaban J connectivity index is 2.06. The van der Waals surface area contributed by atoms with Gasteiger partial charge in [0.1, 0.15) is 0 Å². The molecular weight excluding hydrogens is 344 g/mol. The summed E-state index contributed by atoms with van der Waals surface area (Å²) in [6.45, 7) is 6.49. The van der Waals surface area contributed by atoms with E-state index in [0.717, 1.165) is 12.8 Å². The van der Waals surface area contributed by atoms with Crippen LogP contribution in [0.15, 0.2) is 18.2 Å². The van der Waals surface area contributed by atoms with Crippen LogP contribution in [-0.4, -0.2) is 62.0 Å². The van der Waals surface area contributed by atoms with E-state index in [0.29, 0.717) is 56.2 Å². The van der Waals surface area contributed by atoms with E-state index in [2.05, 4.69) is 6.92 Å². The monoisotopic (exact) mass is 376 g/mol. The summed E-state index contributed by atoms with van der Waals surface area (Å²) in [4.78, 5) is 28.5. The minimum atomic E-state index is -0.0193. The summed E-state index contributed by atoms with van der Waals surface area (Å²) in [5, 5.41) is 0. The van der Waals surface area contributed by atoms with Crippen molar-refractivity contribution in [3.63, 3.8) is 0 Å². The lowest BCUT2D eigenvalue weighted by atomic mass is 9.95. The summed E-state index contributed by atoms with van der Waals surface area (Å²) in [6, 6.07) is 5.39. The molecule has 1 heterocycles. The number of hydrogen-bond donors (Lipinski definition) is 0. The number of piperidine rings is 1. The number of amides is 2. The van der Waals surface area contributed by atoms with Crippen LogP contribution in [0.2, 0.25) is 0 Å². The van der Waals surface area contributed by atoms with Crippen LogP contribution in [0.3, 0.4) is 0 Å². The Morgan fingerprint density at radius 2 is 1.63 bits per heavy atom. The fourth-order valence-electron chi connectivity index (χ4n) is 3.17. The Kier molecular flexibility index (Phi) is 7.95. The zero-order valence-corrected chi connectivity index (χ0v) is 17.0. The Morgan fingerprint density at radius 1 is 1.04 bits per heavy atom. The minimum Gasteiger partial charge on any atom is -0.490 e. The molecule has 1 saturated heterocycles. The molecule has 1 aliphatic rings. The second-order valence-corrected chi connectivity index (χ2v) is 7.16. The number of hydrogen-bond acceptors (Lipinski definition) is 4. The summed E-state index contributed by atoms with van der Waals surface area (Å²) in [5.41, 5.74) is 0.599. The van der Waals surface area contributed by atoms with Crippen LogP contribution in [0.1, 0.15) is 49.9 Å². The number of rotatable bonds is 8. The van der Waals surface area contributed by atoms with Crippen LogP contribution in [0.4, 0.5) is 0 Å². The molecule has 0 bridgehead atoms. The van der Waals surface area contributed by atoms with Gasteiger partial charge in [0.25, 0.3) is 5.91 Å². The Hall–Kier alpha value is -2.24. The van der Waals surface area contributed by atoms with Crippen LogP contribution < -0.4 is 9.47 Å². The first-order valence-corrected chi connectivity index (χ1v) is 9.88. The molecule has 0 unspecified atom stereocenters. The molecule has 1 aliphatic heterocycles. The minimum absolute atomic E-state index is 0.0114. The second-order valence-electron chi connectivity index (χ2n) is 7.16. The van der Waals surface area contributed by atoms with Gasteiger partial charge in [-0.2, -0.15) is 0 Å². The third kappa shape index (κ3) is 5.62. The molecule has 6 heteroatoms. The fourth-order valence-corrected chi connectivity index (χ4v) is 3.17. The topological polar surface area (TPSA) is 59.1 Å². The Bertz CT molecular complexity index is 637. The van der Waals surface area contributed by atoms with Crippen LogP contribution in [-0.2, 0) is 4.79 Å². The molecule has 1 aromatic rings. The van der Waals surface area contributed by atoms with E-state index in [-0.39, 0.29) is 17.7 Å². The average molecular weight is 376 g/mol. The lowest BCUT2D eigenvalue weighted by Gasteiger charge is -2.32. The van der Waals surface area contributed by atoms with Crippen LogP contribution in [0.25, 0.3) is 0 Å². The molecule has 0 atom stereocenters. The van der Waals surface area contributed by atoms with Gasteiger partial charge >= 0.3 is 0 Å². The SMILES string of the molecule is CCCOc1ccc(C(=O)N2CCC(C(=O)N(C)C)CC2)cc1OCCC. The molecular formula is C21H32N2O4. The van der Waals surface area contributed by atoms with Gasteiger partial charge in [0.05, 0.1) is 13.2 Å². The molecule has 0 spiro atoms. The van der Waals surface area contributed by atoms with Gasteiger partial charge in [-0.15, -0.1) is 0 Å². The van der Waals surface area contributed by atoms with E-state index in [1.54, 1.807) is 31.1 Å². The molecule has 0 aliphatic carbocycles. The number of ether oxygens (including phenoxy) is 2. The predicted molar refractivity (Wildman–Crippen MR) is 105 cm³/mol. The molecule has 0 saturated carbocycles. The smallest absolute Gasteiger partial charge is 0.253 e. The number of benzene rings is 1. The summed E-state index contributed by atoms with van der Waals surface area (Å²) < 4.78 is 11.5. The van der Waals surface area contributed by atoms with Crippen molar-refractivity contribution in [1.82, 2.24) is 9.80 Å². The van der Waals surface area contributed by atoms with Crippen molar-refractivity contribution in [2.24, 2.45) is 5.92 Å². The first-order valence-electron chi connectivity index (χ1n) is 9.88. The summed E-state index contributed by atoms with van der Waals surface area (Å²) in [6.07, 6.45) is 3.21. The van der Waals surface area contributed by atoms with E-state index in [1.807, 2.05) is 17.9 Å². The number of likely N-dealkylation sites (tertiary alicyclic amines) is 1. The maximum Gasteiger partial charge on any atom is 0.253 e. The lowest BCUT2D eigenvalue weighted by Crippen LogP contribution is -2.42. The highest BCUT2D eigenvalue weighted by atomic mass is 16.5. The Labute approximate surface area is 162 Å². The van der Waals surface area contributed by atoms with Crippen LogP contribution in [0, 0.1) is 5.92 Å². The molecule has 0 N–H and O–H groups in total. The largest absolute Gasteiger partial charge is 0.490 e. The maximum absolute atomic E-state index is 12.9. The van der Waals surface area contributed by atoms with Crippen molar-refractivity contribution in [3.05, 3.63) is 23.8 Å². The molecule has 1 aromatic carbocycles. The van der Waals surface area contributed by atoms with E-state index >= 15 is 0 Å². The molecule has 2 rings (SSSR count). The zero-order chi connectivity index (χ0) is 19.8. The molecule has 27 heavy (non-hydrogen) atoms. The predicted octanol–water partition coefficient (Wildman–Crippen LogP) is 3.20. The van der Waals surface area contributed by atoms with Gasteiger partial charge < -0.3 is 19.3 Å². The van der Waals surface area contributed by atoms with Gasteiger partial charge in [-0.05, 0) is 43.9 Å². The van der Waals surface area contributed by atoms with Gasteiger partial charge in [-0.3, -0.25) is 9.59 Å². The number of carbonyl (C=O) groups excluding carboxylic acids is 2. The van der Waals surface area contributed by atoms with Gasteiger partial charge in [0, 0.05) is 38.7 Å². The molecule has 150 valence electrons. The van der Waals surface area contributed by atoms with E-state index < -0.39 is 0 Å². The second kappa shape index (κ2) is 10.2. The van der Waals surface area contributed by atoms with Crippen molar-refractivity contribution in [3.8, 4) is 11.5 Å². The molecule has 1 fully saturated rings. The zero-order valence-electron chi connectivity index (χ0n) is 17.0. The van der Waals surface area contributed by atoms with Gasteiger partial charge in [0.15, 0.2) is 11.5 Å². The highest BCUT2D eigenvalue weighted by Gasteiger charge is 2.29. The Morgan fingerprint density at radius 3 is 2.19 bits per heavy atom. The van der Waals surface area contributed by atoms with Crippen molar-refractivity contribution in [2.75, 3.05) is 40.4 Å². The van der Waals surface area contributed by atoms with Gasteiger partial charge in [-0.25, -0.2) is 0 Å². The fraction of sp³-hybridized carbons (Fsp3) is 0.619. The molecule has 0 aromatic heterocycles. The standard InChI is InChI=1S/C21H32N2O4/c1-5-13-26-18-8-7-17(15-19(18)27-14-6-2)21(25)23-11-9-16(10-12-23)20(24)22(3)4/h7-8,15-16H,5-6,9-14H2,1-4H3. The van der Waals surface area contributed by atoms with Crippen molar-refractivity contribution < 1.29 is 19.1 Å². The van der Waals surface area contributed by atoms with Crippen LogP contribution >= 0.6 is 0 Å². The molecule has 2 amide bonds. The van der Waals surface area contributed by atoms with Gasteiger partial charge in [-0.1, -0.05) is 13.8 Å². The average Bonchev–Trinajstić information content (AvgIpc) is 2.69. The normalized spacial score (nSPS) is 14.7. The molecule has 0 radical (unpaired) electrons. The first-order chi connectivity index (χ1) is 13.0.